The van der Waals surface area contributed by atoms with Gasteiger partial charge in [-0.1, -0.05) is 48.5 Å². The fourth-order valence-electron chi connectivity index (χ4n) is 3.63. The van der Waals surface area contributed by atoms with E-state index in [0.29, 0.717) is 12.8 Å². The molecule has 128 valence electrons. The van der Waals surface area contributed by atoms with Gasteiger partial charge < -0.3 is 14.8 Å². The average Bonchev–Trinajstić information content (AvgIpc) is 3.08. The summed E-state index contributed by atoms with van der Waals surface area (Å²) in [5.74, 6) is 1.69. The lowest BCUT2D eigenvalue weighted by Crippen LogP contribution is -2.30. The molecule has 2 atom stereocenters. The third kappa shape index (κ3) is 3.33. The zero-order valence-electron chi connectivity index (χ0n) is 14.7. The lowest BCUT2D eigenvalue weighted by atomic mass is 9.98. The molecule has 0 bridgehead atoms. The Kier molecular flexibility index (Phi) is 4.33. The van der Waals surface area contributed by atoms with Gasteiger partial charge in [0.15, 0.2) is 11.5 Å². The van der Waals surface area contributed by atoms with Gasteiger partial charge in [0.1, 0.15) is 0 Å². The summed E-state index contributed by atoms with van der Waals surface area (Å²) in [6.45, 7) is 4.79. The van der Waals surface area contributed by atoms with E-state index in [2.05, 4.69) is 73.8 Å². The molecule has 4 rings (SSSR count). The van der Waals surface area contributed by atoms with Gasteiger partial charge in [-0.3, -0.25) is 0 Å². The summed E-state index contributed by atoms with van der Waals surface area (Å²) in [4.78, 5) is 0. The van der Waals surface area contributed by atoms with Gasteiger partial charge in [-0.15, -0.1) is 0 Å². The Labute approximate surface area is 148 Å². The zero-order chi connectivity index (χ0) is 17.2. The SMILES string of the molecule is CC(Cc1ccc2c(c1)OCO2)N[C@@H](C)c1cccc2ccccc12. The number of hydrogen-bond acceptors (Lipinski definition) is 3. The highest BCUT2D eigenvalue weighted by atomic mass is 16.7. The number of rotatable bonds is 5. The maximum absolute atomic E-state index is 5.48. The van der Waals surface area contributed by atoms with E-state index >= 15 is 0 Å². The van der Waals surface area contributed by atoms with Crippen molar-refractivity contribution in [2.75, 3.05) is 6.79 Å². The number of hydrogen-bond donors (Lipinski definition) is 1. The van der Waals surface area contributed by atoms with Gasteiger partial charge in [0.25, 0.3) is 0 Å². The molecule has 1 aliphatic heterocycles. The smallest absolute Gasteiger partial charge is 0.231 e. The van der Waals surface area contributed by atoms with Crippen LogP contribution in [0.2, 0.25) is 0 Å². The Morgan fingerprint density at radius 2 is 1.72 bits per heavy atom. The molecule has 0 amide bonds. The Balaban J connectivity index is 1.47. The van der Waals surface area contributed by atoms with E-state index in [0.717, 1.165) is 17.9 Å². The summed E-state index contributed by atoms with van der Waals surface area (Å²) in [5.41, 5.74) is 2.60. The Morgan fingerprint density at radius 3 is 2.64 bits per heavy atom. The van der Waals surface area contributed by atoms with E-state index in [1.807, 2.05) is 6.07 Å². The van der Waals surface area contributed by atoms with Crippen LogP contribution in [0, 0.1) is 0 Å². The van der Waals surface area contributed by atoms with Crippen LogP contribution in [-0.4, -0.2) is 12.8 Å². The fraction of sp³-hybridized carbons (Fsp3) is 0.273. The number of benzene rings is 3. The van der Waals surface area contributed by atoms with Crippen LogP contribution < -0.4 is 14.8 Å². The topological polar surface area (TPSA) is 30.5 Å². The van der Waals surface area contributed by atoms with E-state index in [-0.39, 0.29) is 6.04 Å². The molecule has 0 spiro atoms. The predicted molar refractivity (Wildman–Crippen MR) is 101 cm³/mol. The average molecular weight is 333 g/mol. The van der Waals surface area contributed by atoms with Crippen LogP contribution in [0.4, 0.5) is 0 Å². The number of fused-ring (bicyclic) bond motifs is 2. The summed E-state index contributed by atoms with van der Waals surface area (Å²) >= 11 is 0. The largest absolute Gasteiger partial charge is 0.454 e. The summed E-state index contributed by atoms with van der Waals surface area (Å²) in [5, 5.41) is 6.34. The third-order valence-corrected chi connectivity index (χ3v) is 4.80. The molecule has 3 aromatic carbocycles. The van der Waals surface area contributed by atoms with Gasteiger partial charge in [0.2, 0.25) is 6.79 Å². The summed E-state index contributed by atoms with van der Waals surface area (Å²) < 4.78 is 10.9. The molecule has 0 radical (unpaired) electrons. The lowest BCUT2D eigenvalue weighted by molar-refractivity contribution is 0.174. The van der Waals surface area contributed by atoms with E-state index in [1.165, 1.54) is 21.9 Å². The van der Waals surface area contributed by atoms with Crippen LogP contribution in [0.5, 0.6) is 11.5 Å². The molecule has 1 heterocycles. The fourth-order valence-corrected chi connectivity index (χ4v) is 3.63. The summed E-state index contributed by atoms with van der Waals surface area (Å²) in [6, 6.07) is 21.9. The van der Waals surface area contributed by atoms with E-state index in [1.54, 1.807) is 0 Å². The zero-order valence-corrected chi connectivity index (χ0v) is 14.7. The summed E-state index contributed by atoms with van der Waals surface area (Å²) in [7, 11) is 0. The second-order valence-corrected chi connectivity index (χ2v) is 6.75. The monoisotopic (exact) mass is 333 g/mol. The predicted octanol–water partition coefficient (Wildman–Crippen LogP) is 4.85. The first-order valence-corrected chi connectivity index (χ1v) is 8.83. The van der Waals surface area contributed by atoms with Crippen molar-refractivity contribution in [3.8, 4) is 11.5 Å². The van der Waals surface area contributed by atoms with E-state index < -0.39 is 0 Å². The van der Waals surface area contributed by atoms with Crippen molar-refractivity contribution in [2.45, 2.75) is 32.4 Å². The molecule has 1 unspecified atom stereocenters. The van der Waals surface area contributed by atoms with Crippen LogP contribution in [0.3, 0.4) is 0 Å². The van der Waals surface area contributed by atoms with Gasteiger partial charge in [-0.05, 0) is 54.3 Å². The third-order valence-electron chi connectivity index (χ3n) is 4.80. The minimum Gasteiger partial charge on any atom is -0.454 e. The molecule has 3 aromatic rings. The molecule has 25 heavy (non-hydrogen) atoms. The number of nitrogens with one attached hydrogen (secondary N) is 1. The standard InChI is InChI=1S/C22H23NO2/c1-15(12-17-10-11-21-22(13-17)25-14-24-21)23-16(2)19-9-5-7-18-6-3-4-8-20(18)19/h3-11,13,15-16,23H,12,14H2,1-2H3/t15?,16-/m0/s1. The van der Waals surface area contributed by atoms with Crippen LogP contribution in [-0.2, 0) is 6.42 Å². The molecule has 0 aromatic heterocycles. The van der Waals surface area contributed by atoms with Crippen molar-refractivity contribution in [1.29, 1.82) is 0 Å². The molecule has 3 nitrogen and oxygen atoms in total. The highest BCUT2D eigenvalue weighted by Crippen LogP contribution is 2.33. The van der Waals surface area contributed by atoms with Crippen molar-refractivity contribution < 1.29 is 9.47 Å². The molecule has 0 saturated heterocycles. The maximum atomic E-state index is 5.48. The second kappa shape index (κ2) is 6.77. The highest BCUT2D eigenvalue weighted by Gasteiger charge is 2.16. The molecule has 0 saturated carbocycles. The van der Waals surface area contributed by atoms with Crippen molar-refractivity contribution >= 4 is 10.8 Å². The molecule has 0 fully saturated rings. The molecule has 3 heteroatoms. The van der Waals surface area contributed by atoms with Gasteiger partial charge >= 0.3 is 0 Å². The first kappa shape index (κ1) is 16.0. The minimum atomic E-state index is 0.287. The van der Waals surface area contributed by atoms with Crippen molar-refractivity contribution in [3.05, 3.63) is 71.8 Å². The van der Waals surface area contributed by atoms with E-state index in [4.69, 9.17) is 9.47 Å². The van der Waals surface area contributed by atoms with Crippen LogP contribution in [0.25, 0.3) is 10.8 Å². The van der Waals surface area contributed by atoms with Gasteiger partial charge in [0.05, 0.1) is 0 Å². The van der Waals surface area contributed by atoms with Crippen LogP contribution in [0.15, 0.2) is 60.7 Å². The molecule has 0 aliphatic carbocycles. The van der Waals surface area contributed by atoms with Gasteiger partial charge in [0, 0.05) is 12.1 Å². The summed E-state index contributed by atoms with van der Waals surface area (Å²) in [6.07, 6.45) is 0.950. The van der Waals surface area contributed by atoms with Crippen molar-refractivity contribution in [1.82, 2.24) is 5.32 Å². The molecule has 1 aliphatic rings. The lowest BCUT2D eigenvalue weighted by Gasteiger charge is -2.22. The number of ether oxygens (including phenoxy) is 2. The van der Waals surface area contributed by atoms with Crippen molar-refractivity contribution in [3.63, 3.8) is 0 Å². The molecular formula is C22H23NO2. The molecular weight excluding hydrogens is 310 g/mol. The first-order chi connectivity index (χ1) is 12.2. The second-order valence-electron chi connectivity index (χ2n) is 6.75. The Bertz CT molecular complexity index is 885. The van der Waals surface area contributed by atoms with Crippen LogP contribution in [0.1, 0.15) is 31.0 Å². The van der Waals surface area contributed by atoms with Crippen LogP contribution >= 0.6 is 0 Å². The van der Waals surface area contributed by atoms with E-state index in [9.17, 15) is 0 Å². The maximum Gasteiger partial charge on any atom is 0.231 e. The van der Waals surface area contributed by atoms with Gasteiger partial charge in [-0.25, -0.2) is 0 Å². The normalized spacial score (nSPS) is 15.3. The highest BCUT2D eigenvalue weighted by molar-refractivity contribution is 5.86. The molecule has 1 N–H and O–H groups in total. The first-order valence-electron chi connectivity index (χ1n) is 8.83. The van der Waals surface area contributed by atoms with Gasteiger partial charge in [-0.2, -0.15) is 0 Å². The quantitative estimate of drug-likeness (QED) is 0.724. The van der Waals surface area contributed by atoms with Crippen molar-refractivity contribution in [2.24, 2.45) is 0 Å². The minimum absolute atomic E-state index is 0.287. The Hall–Kier alpha value is -2.52. The Morgan fingerprint density at radius 1 is 0.920 bits per heavy atom.